The summed E-state index contributed by atoms with van der Waals surface area (Å²) in [5.74, 6) is -0.206. The van der Waals surface area contributed by atoms with Crippen LogP contribution in [0.3, 0.4) is 0 Å². The van der Waals surface area contributed by atoms with Crippen LogP contribution in [-0.4, -0.2) is 17.2 Å². The summed E-state index contributed by atoms with van der Waals surface area (Å²) >= 11 is 0. The molecule has 0 amide bonds. The van der Waals surface area contributed by atoms with Gasteiger partial charge in [-0.1, -0.05) is 72.6 Å². The van der Waals surface area contributed by atoms with Crippen LogP contribution in [0.2, 0.25) is 0 Å². The summed E-state index contributed by atoms with van der Waals surface area (Å²) in [6.45, 7) is 13.3. The number of rotatable bonds is 7. The minimum atomic E-state index is -3.98. The first-order chi connectivity index (χ1) is 15.5. The molecule has 1 atom stereocenters. The molecule has 33 heavy (non-hydrogen) atoms. The van der Waals surface area contributed by atoms with Crippen LogP contribution in [0.1, 0.15) is 72.5 Å². The predicted molar refractivity (Wildman–Crippen MR) is 137 cm³/mol. The van der Waals surface area contributed by atoms with Crippen LogP contribution in [-0.2, 0) is 4.57 Å². The maximum absolute atomic E-state index is 14.7. The van der Waals surface area contributed by atoms with Gasteiger partial charge >= 0.3 is 0 Å². The average molecular weight is 461 g/mol. The molecule has 0 aromatic heterocycles. The summed E-state index contributed by atoms with van der Waals surface area (Å²) in [7, 11) is -3.98. The van der Waals surface area contributed by atoms with E-state index in [0.29, 0.717) is 11.1 Å². The second-order valence-corrected chi connectivity index (χ2v) is 12.0. The Morgan fingerprint density at radius 2 is 1.06 bits per heavy atom. The molecule has 0 heterocycles. The molecule has 0 radical (unpaired) electrons. The Labute approximate surface area is 197 Å². The maximum Gasteiger partial charge on any atom is 0.229 e. The third-order valence-electron chi connectivity index (χ3n) is 6.34. The normalized spacial score (nSPS) is 12.5. The first-order valence-corrected chi connectivity index (χ1v) is 13.2. The van der Waals surface area contributed by atoms with E-state index in [4.69, 9.17) is 0 Å². The van der Waals surface area contributed by atoms with Crippen molar-refractivity contribution in [3.8, 4) is 0 Å². The van der Waals surface area contributed by atoms with Crippen molar-refractivity contribution in [1.82, 2.24) is 0 Å². The lowest BCUT2D eigenvalue weighted by Gasteiger charge is -2.23. The Morgan fingerprint density at radius 3 is 1.42 bits per heavy atom. The molecule has 3 aromatic rings. The summed E-state index contributed by atoms with van der Waals surface area (Å²) < 4.78 is 14.7. The molecule has 3 rings (SSSR count). The van der Waals surface area contributed by atoms with E-state index < -0.39 is 18.2 Å². The zero-order chi connectivity index (χ0) is 24.5. The van der Waals surface area contributed by atoms with Gasteiger partial charge < -0.3 is 4.57 Å². The van der Waals surface area contributed by atoms with Crippen molar-refractivity contribution in [3.05, 3.63) is 105 Å². The van der Waals surface area contributed by atoms with Gasteiger partial charge in [-0.3, -0.25) is 9.59 Å². The predicted octanol–water partition coefficient (Wildman–Crippen LogP) is 7.68. The Bertz CT molecular complexity index is 1150. The number of hydrogen-bond acceptors (Lipinski definition) is 3. The lowest BCUT2D eigenvalue weighted by Crippen LogP contribution is -2.19. The summed E-state index contributed by atoms with van der Waals surface area (Å²) in [5.41, 5.74) is 5.86. The quantitative estimate of drug-likeness (QED) is 0.340. The molecule has 0 bridgehead atoms. The Balaban J connectivity index is 2.20. The Morgan fingerprint density at radius 1 is 0.697 bits per heavy atom. The molecule has 0 aliphatic carbocycles. The van der Waals surface area contributed by atoms with E-state index in [1.54, 1.807) is 0 Å². The van der Waals surface area contributed by atoms with Crippen molar-refractivity contribution < 1.29 is 14.2 Å². The molecule has 172 valence electrons. The molecule has 0 N–H and O–H groups in total. The summed E-state index contributed by atoms with van der Waals surface area (Å²) in [5, 5.41) is 0. The molecule has 0 saturated heterocycles. The van der Waals surface area contributed by atoms with Crippen molar-refractivity contribution in [2.24, 2.45) is 0 Å². The SMILES string of the molecule is Cc1cc(C)c(C(=O)P(=O)(CC(C)c2ccccc2)C(=O)c2c(C)cc(C)cc2C)c(C)c1. The van der Waals surface area contributed by atoms with E-state index in [1.165, 1.54) is 0 Å². The molecular formula is C29H33O3P. The minimum absolute atomic E-state index is 0.00813. The number of benzene rings is 3. The zero-order valence-corrected chi connectivity index (χ0v) is 21.5. The van der Waals surface area contributed by atoms with Gasteiger partial charge in [0.15, 0.2) is 0 Å². The van der Waals surface area contributed by atoms with Gasteiger partial charge in [0.25, 0.3) is 0 Å². The zero-order valence-electron chi connectivity index (χ0n) is 20.7. The highest BCUT2D eigenvalue weighted by Gasteiger charge is 2.44. The Kier molecular flexibility index (Phi) is 7.24. The molecule has 3 aromatic carbocycles. The van der Waals surface area contributed by atoms with E-state index in [2.05, 4.69) is 0 Å². The van der Waals surface area contributed by atoms with Crippen LogP contribution in [0.5, 0.6) is 0 Å². The van der Waals surface area contributed by atoms with Crippen LogP contribution >= 0.6 is 7.14 Å². The topological polar surface area (TPSA) is 51.2 Å². The summed E-state index contributed by atoms with van der Waals surface area (Å²) in [4.78, 5) is 28.0. The molecule has 0 aliphatic rings. The molecule has 0 saturated carbocycles. The standard InChI is InChI=1S/C29H33O3P/c1-18-13-20(3)26(21(4)14-18)28(30)33(32,17-24(7)25-11-9-8-10-12-25)29(31)27-22(5)15-19(2)16-23(27)6/h8-16,24H,17H2,1-7H3. The molecule has 1 unspecified atom stereocenters. The van der Waals surface area contributed by atoms with Crippen molar-refractivity contribution in [2.45, 2.75) is 54.4 Å². The van der Waals surface area contributed by atoms with Crippen LogP contribution in [0, 0.1) is 41.5 Å². The first-order valence-electron chi connectivity index (χ1n) is 11.3. The lowest BCUT2D eigenvalue weighted by molar-refractivity contribution is 0.103. The highest BCUT2D eigenvalue weighted by atomic mass is 31.2. The van der Waals surface area contributed by atoms with E-state index in [9.17, 15) is 14.2 Å². The van der Waals surface area contributed by atoms with E-state index in [0.717, 1.165) is 38.9 Å². The highest BCUT2D eigenvalue weighted by Crippen LogP contribution is 2.56. The van der Waals surface area contributed by atoms with Crippen LogP contribution in [0.4, 0.5) is 0 Å². The van der Waals surface area contributed by atoms with Gasteiger partial charge in [0.1, 0.15) is 0 Å². The monoisotopic (exact) mass is 460 g/mol. The summed E-state index contributed by atoms with van der Waals surface area (Å²) in [6, 6.07) is 17.3. The van der Waals surface area contributed by atoms with Gasteiger partial charge in [0.2, 0.25) is 18.2 Å². The fraction of sp³-hybridized carbons (Fsp3) is 0.310. The van der Waals surface area contributed by atoms with E-state index in [1.807, 2.05) is 103 Å². The van der Waals surface area contributed by atoms with E-state index >= 15 is 0 Å². The van der Waals surface area contributed by atoms with Crippen LogP contribution < -0.4 is 0 Å². The second kappa shape index (κ2) is 9.61. The third-order valence-corrected chi connectivity index (χ3v) is 9.16. The highest BCUT2D eigenvalue weighted by molar-refractivity contribution is 7.95. The second-order valence-electron chi connectivity index (χ2n) is 9.39. The Hall–Kier alpha value is -2.77. The number of carbonyl (C=O) groups is 2. The van der Waals surface area contributed by atoms with Crippen LogP contribution in [0.15, 0.2) is 54.6 Å². The molecule has 0 fully saturated rings. The smallest absolute Gasteiger partial charge is 0.229 e. The largest absolute Gasteiger partial charge is 0.307 e. The van der Waals surface area contributed by atoms with Crippen LogP contribution in [0.25, 0.3) is 0 Å². The maximum atomic E-state index is 14.7. The van der Waals surface area contributed by atoms with E-state index in [-0.39, 0.29) is 12.1 Å². The fourth-order valence-electron chi connectivity index (χ4n) is 4.93. The van der Waals surface area contributed by atoms with Gasteiger partial charge in [-0.15, -0.1) is 0 Å². The molecular weight excluding hydrogens is 427 g/mol. The number of aryl methyl sites for hydroxylation is 6. The minimum Gasteiger partial charge on any atom is -0.307 e. The third kappa shape index (κ3) is 4.94. The van der Waals surface area contributed by atoms with Crippen molar-refractivity contribution in [2.75, 3.05) is 6.16 Å². The van der Waals surface area contributed by atoms with Gasteiger partial charge in [-0.05, 0) is 75.3 Å². The molecule has 4 heteroatoms. The van der Waals surface area contributed by atoms with Crippen molar-refractivity contribution >= 4 is 18.2 Å². The van der Waals surface area contributed by atoms with Gasteiger partial charge in [-0.2, -0.15) is 0 Å². The lowest BCUT2D eigenvalue weighted by atomic mass is 10.0. The van der Waals surface area contributed by atoms with Gasteiger partial charge in [0.05, 0.1) is 0 Å². The fourth-order valence-corrected chi connectivity index (χ4v) is 7.85. The van der Waals surface area contributed by atoms with Crippen molar-refractivity contribution in [3.63, 3.8) is 0 Å². The van der Waals surface area contributed by atoms with Gasteiger partial charge in [-0.25, -0.2) is 0 Å². The number of carbonyl (C=O) groups excluding carboxylic acids is 2. The molecule has 3 nitrogen and oxygen atoms in total. The molecule has 0 aliphatic heterocycles. The first kappa shape index (κ1) is 24.9. The van der Waals surface area contributed by atoms with Crippen molar-refractivity contribution in [1.29, 1.82) is 0 Å². The summed E-state index contributed by atoms with van der Waals surface area (Å²) in [6.07, 6.45) is 0.00813. The van der Waals surface area contributed by atoms with Gasteiger partial charge in [0, 0.05) is 17.3 Å². The number of hydrogen-bond donors (Lipinski definition) is 0. The molecule has 0 spiro atoms. The average Bonchev–Trinajstić information content (AvgIpc) is 2.72.